The molecule has 0 saturated carbocycles. The Morgan fingerprint density at radius 2 is 2.07 bits per heavy atom. The summed E-state index contributed by atoms with van der Waals surface area (Å²) in [5.74, 6) is 0.422. The first-order chi connectivity index (χ1) is 6.50. The van der Waals surface area contributed by atoms with Crippen molar-refractivity contribution >= 4 is 0 Å². The molecule has 14 heavy (non-hydrogen) atoms. The average Bonchev–Trinajstić information content (AvgIpc) is 2.46. The van der Waals surface area contributed by atoms with Crippen molar-refractivity contribution in [2.24, 2.45) is 0 Å². The SMILES string of the molecule is C=C1NC=C2C(C(F)(F)F)=CC=CN12. The summed E-state index contributed by atoms with van der Waals surface area (Å²) in [6.45, 7) is 3.57. The van der Waals surface area contributed by atoms with Crippen LogP contribution in [0.2, 0.25) is 0 Å². The second-order valence-electron chi connectivity index (χ2n) is 2.91. The molecule has 2 aliphatic rings. The topological polar surface area (TPSA) is 15.3 Å². The summed E-state index contributed by atoms with van der Waals surface area (Å²) >= 11 is 0. The van der Waals surface area contributed by atoms with Crippen LogP contribution in [0.15, 0.2) is 48.2 Å². The van der Waals surface area contributed by atoms with Gasteiger partial charge in [-0.15, -0.1) is 0 Å². The van der Waals surface area contributed by atoms with Gasteiger partial charge in [0, 0.05) is 12.4 Å². The molecule has 0 aromatic rings. The van der Waals surface area contributed by atoms with Gasteiger partial charge >= 0.3 is 6.18 Å². The van der Waals surface area contributed by atoms with Crippen molar-refractivity contribution < 1.29 is 13.2 Å². The van der Waals surface area contributed by atoms with Crippen molar-refractivity contribution in [2.45, 2.75) is 6.18 Å². The number of hydrogen-bond donors (Lipinski definition) is 1. The van der Waals surface area contributed by atoms with Gasteiger partial charge in [0.25, 0.3) is 0 Å². The zero-order valence-corrected chi connectivity index (χ0v) is 7.10. The van der Waals surface area contributed by atoms with Crippen LogP contribution >= 0.6 is 0 Å². The van der Waals surface area contributed by atoms with Gasteiger partial charge in [0.2, 0.25) is 0 Å². The fourth-order valence-corrected chi connectivity index (χ4v) is 1.36. The predicted octanol–water partition coefficient (Wildman–Crippen LogP) is 2.22. The fraction of sp³-hybridized carbons (Fsp3) is 0.111. The second kappa shape index (κ2) is 2.67. The van der Waals surface area contributed by atoms with Crippen LogP contribution in [0.25, 0.3) is 0 Å². The normalized spacial score (nSPS) is 20.2. The van der Waals surface area contributed by atoms with Gasteiger partial charge in [-0.1, -0.05) is 6.58 Å². The number of nitrogens with one attached hydrogen (secondary N) is 1. The third-order valence-corrected chi connectivity index (χ3v) is 2.01. The van der Waals surface area contributed by atoms with Gasteiger partial charge in [0.1, 0.15) is 5.82 Å². The number of allylic oxidation sites excluding steroid dienone is 3. The van der Waals surface area contributed by atoms with Gasteiger partial charge < -0.3 is 10.2 Å². The Morgan fingerprint density at radius 1 is 1.36 bits per heavy atom. The van der Waals surface area contributed by atoms with Gasteiger partial charge in [-0.3, -0.25) is 0 Å². The highest BCUT2D eigenvalue weighted by Crippen LogP contribution is 2.37. The Hall–Kier alpha value is -1.65. The van der Waals surface area contributed by atoms with Crippen LogP contribution in [0, 0.1) is 0 Å². The number of hydrogen-bond acceptors (Lipinski definition) is 2. The first-order valence-electron chi connectivity index (χ1n) is 3.91. The van der Waals surface area contributed by atoms with Crippen molar-refractivity contribution in [3.63, 3.8) is 0 Å². The van der Waals surface area contributed by atoms with E-state index in [-0.39, 0.29) is 5.70 Å². The highest BCUT2D eigenvalue weighted by Gasteiger charge is 2.40. The van der Waals surface area contributed by atoms with E-state index in [0.717, 1.165) is 6.08 Å². The zero-order chi connectivity index (χ0) is 10.3. The van der Waals surface area contributed by atoms with Crippen molar-refractivity contribution in [2.75, 3.05) is 0 Å². The lowest BCUT2D eigenvalue weighted by Crippen LogP contribution is -2.23. The number of nitrogens with zero attached hydrogens (tertiary/aromatic N) is 1. The molecule has 0 bridgehead atoms. The molecule has 2 nitrogen and oxygen atoms in total. The molecule has 2 rings (SSSR count). The van der Waals surface area contributed by atoms with Crippen molar-refractivity contribution in [3.05, 3.63) is 48.2 Å². The standard InChI is InChI=1S/C9H7F3N2/c1-6-13-5-8-7(9(10,11)12)3-2-4-14(6)8/h2-5,13H,1H2. The third-order valence-electron chi connectivity index (χ3n) is 2.01. The molecule has 0 spiro atoms. The smallest absolute Gasteiger partial charge is 0.346 e. The minimum atomic E-state index is -4.33. The minimum Gasteiger partial charge on any atom is -0.346 e. The molecule has 0 saturated heterocycles. The molecule has 0 amide bonds. The van der Waals surface area contributed by atoms with E-state index in [1.807, 2.05) is 0 Å². The van der Waals surface area contributed by atoms with Crippen LogP contribution in [0.1, 0.15) is 0 Å². The van der Waals surface area contributed by atoms with Crippen molar-refractivity contribution in [1.29, 1.82) is 0 Å². The fourth-order valence-electron chi connectivity index (χ4n) is 1.36. The van der Waals surface area contributed by atoms with E-state index >= 15 is 0 Å². The van der Waals surface area contributed by atoms with Crippen molar-refractivity contribution in [1.82, 2.24) is 10.2 Å². The number of fused-ring (bicyclic) bond motifs is 1. The molecule has 5 heteroatoms. The van der Waals surface area contributed by atoms with Gasteiger partial charge in [-0.25, -0.2) is 0 Å². The number of halogens is 3. The van der Waals surface area contributed by atoms with Crippen LogP contribution in [0.4, 0.5) is 13.2 Å². The number of alkyl halides is 3. The lowest BCUT2D eigenvalue weighted by molar-refractivity contribution is -0.0908. The summed E-state index contributed by atoms with van der Waals surface area (Å²) in [7, 11) is 0. The Bertz CT molecular complexity index is 374. The van der Waals surface area contributed by atoms with Crippen LogP contribution in [-0.4, -0.2) is 11.1 Å². The van der Waals surface area contributed by atoms with E-state index in [1.54, 1.807) is 0 Å². The summed E-state index contributed by atoms with van der Waals surface area (Å²) in [6.07, 6.45) is 0.886. The van der Waals surface area contributed by atoms with Crippen LogP contribution in [-0.2, 0) is 0 Å². The van der Waals surface area contributed by atoms with Crippen molar-refractivity contribution in [3.8, 4) is 0 Å². The monoisotopic (exact) mass is 200 g/mol. The highest BCUT2D eigenvalue weighted by molar-refractivity contribution is 5.45. The average molecular weight is 200 g/mol. The lowest BCUT2D eigenvalue weighted by atomic mass is 10.1. The summed E-state index contributed by atoms with van der Waals surface area (Å²) in [6, 6.07) is 0. The van der Waals surface area contributed by atoms with E-state index < -0.39 is 11.7 Å². The second-order valence-corrected chi connectivity index (χ2v) is 2.91. The Morgan fingerprint density at radius 3 is 2.71 bits per heavy atom. The van der Waals surface area contributed by atoms with E-state index in [1.165, 1.54) is 23.4 Å². The summed E-state index contributed by atoms with van der Waals surface area (Å²) in [5.41, 5.74) is -0.573. The summed E-state index contributed by atoms with van der Waals surface area (Å²) in [4.78, 5) is 1.36. The Kier molecular flexibility index (Phi) is 1.70. The molecule has 0 unspecified atom stereocenters. The molecule has 2 heterocycles. The minimum absolute atomic E-state index is 0.0880. The maximum absolute atomic E-state index is 12.5. The maximum atomic E-state index is 12.5. The first-order valence-corrected chi connectivity index (χ1v) is 3.91. The lowest BCUT2D eigenvalue weighted by Gasteiger charge is -2.23. The van der Waals surface area contributed by atoms with Gasteiger partial charge in [-0.05, 0) is 12.2 Å². The van der Waals surface area contributed by atoms with E-state index in [4.69, 9.17) is 0 Å². The number of rotatable bonds is 0. The summed E-state index contributed by atoms with van der Waals surface area (Å²) in [5, 5.41) is 2.64. The maximum Gasteiger partial charge on any atom is 0.418 e. The molecule has 0 radical (unpaired) electrons. The molecule has 0 atom stereocenters. The molecule has 74 valence electrons. The molecule has 1 N–H and O–H groups in total. The van der Waals surface area contributed by atoms with Crippen LogP contribution < -0.4 is 5.32 Å². The van der Waals surface area contributed by atoms with E-state index in [9.17, 15) is 13.2 Å². The predicted molar refractivity (Wildman–Crippen MR) is 45.5 cm³/mol. The third kappa shape index (κ3) is 1.21. The van der Waals surface area contributed by atoms with Crippen LogP contribution in [0.5, 0.6) is 0 Å². The molecular formula is C9H7F3N2. The Balaban J connectivity index is 2.41. The highest BCUT2D eigenvalue weighted by atomic mass is 19.4. The summed E-state index contributed by atoms with van der Waals surface area (Å²) < 4.78 is 37.4. The quantitative estimate of drug-likeness (QED) is 0.645. The molecule has 0 aromatic carbocycles. The molecule has 0 aromatic heterocycles. The van der Waals surface area contributed by atoms with E-state index in [2.05, 4.69) is 11.9 Å². The molecule has 0 fully saturated rings. The molecular weight excluding hydrogens is 193 g/mol. The Labute approximate surface area is 78.7 Å². The first kappa shape index (κ1) is 8.93. The van der Waals surface area contributed by atoms with Crippen LogP contribution in [0.3, 0.4) is 0 Å². The van der Waals surface area contributed by atoms with Gasteiger partial charge in [0.15, 0.2) is 0 Å². The largest absolute Gasteiger partial charge is 0.418 e. The van der Waals surface area contributed by atoms with Gasteiger partial charge in [0.05, 0.1) is 11.3 Å². The van der Waals surface area contributed by atoms with Gasteiger partial charge in [-0.2, -0.15) is 13.2 Å². The van der Waals surface area contributed by atoms with E-state index in [0.29, 0.717) is 5.82 Å². The molecule has 2 aliphatic heterocycles. The molecule has 0 aliphatic carbocycles. The zero-order valence-electron chi connectivity index (χ0n) is 7.10.